The molecule has 0 saturated heterocycles. The van der Waals surface area contributed by atoms with Gasteiger partial charge in [0.25, 0.3) is 0 Å². The largest absolute Gasteiger partial charge is 0.355 e. The second kappa shape index (κ2) is 8.13. The summed E-state index contributed by atoms with van der Waals surface area (Å²) in [6, 6.07) is 13.0. The van der Waals surface area contributed by atoms with E-state index in [1.807, 2.05) is 7.05 Å². The smallest absolute Gasteiger partial charge is 0.191 e. The molecule has 5 heteroatoms. The number of rotatable bonds is 5. The molecule has 1 aromatic carbocycles. The molecule has 2 aromatic rings. The highest BCUT2D eigenvalue weighted by Crippen LogP contribution is 2.17. The first-order chi connectivity index (χ1) is 11.3. The Kier molecular flexibility index (Phi) is 5.66. The van der Waals surface area contributed by atoms with Crippen molar-refractivity contribution >= 4 is 17.3 Å². The third-order valence-electron chi connectivity index (χ3n) is 4.16. The molecular formula is C18H24N4S. The number of nitrogens with one attached hydrogen (secondary N) is 2. The predicted octanol–water partition coefficient (Wildman–Crippen LogP) is 2.47. The molecule has 2 N–H and O–H groups in total. The van der Waals surface area contributed by atoms with Crippen molar-refractivity contribution < 1.29 is 0 Å². The van der Waals surface area contributed by atoms with Crippen molar-refractivity contribution in [3.63, 3.8) is 0 Å². The monoisotopic (exact) mass is 328 g/mol. The van der Waals surface area contributed by atoms with E-state index in [1.165, 1.54) is 16.0 Å². The van der Waals surface area contributed by atoms with E-state index < -0.39 is 0 Å². The van der Waals surface area contributed by atoms with Crippen LogP contribution in [0.1, 0.15) is 16.0 Å². The van der Waals surface area contributed by atoms with E-state index in [-0.39, 0.29) is 0 Å². The van der Waals surface area contributed by atoms with Crippen LogP contribution in [-0.2, 0) is 19.5 Å². The highest BCUT2D eigenvalue weighted by atomic mass is 32.1. The van der Waals surface area contributed by atoms with Gasteiger partial charge < -0.3 is 10.6 Å². The van der Waals surface area contributed by atoms with Crippen molar-refractivity contribution in [2.24, 2.45) is 4.99 Å². The first-order valence-electron chi connectivity index (χ1n) is 8.11. The van der Waals surface area contributed by atoms with Gasteiger partial charge in [0.1, 0.15) is 0 Å². The first kappa shape index (κ1) is 16.0. The molecule has 1 aliphatic rings. The van der Waals surface area contributed by atoms with Crippen LogP contribution in [0.15, 0.2) is 46.8 Å². The molecule has 3 rings (SSSR count). The van der Waals surface area contributed by atoms with Crippen LogP contribution in [0, 0.1) is 0 Å². The molecule has 1 aliphatic heterocycles. The molecule has 0 fully saturated rings. The summed E-state index contributed by atoms with van der Waals surface area (Å²) < 4.78 is 0. The highest BCUT2D eigenvalue weighted by molar-refractivity contribution is 7.09. The van der Waals surface area contributed by atoms with Gasteiger partial charge in [0.2, 0.25) is 0 Å². The number of aliphatic imine (C=N–C) groups is 1. The minimum atomic E-state index is 0.828. The van der Waals surface area contributed by atoms with Crippen LogP contribution in [0.25, 0.3) is 0 Å². The molecule has 122 valence electrons. The first-order valence-corrected chi connectivity index (χ1v) is 8.99. The summed E-state index contributed by atoms with van der Waals surface area (Å²) in [5, 5.41) is 8.86. The number of nitrogens with zero attached hydrogens (tertiary/aromatic N) is 2. The Morgan fingerprint density at radius 3 is 2.83 bits per heavy atom. The van der Waals surface area contributed by atoms with Crippen LogP contribution in [0.4, 0.5) is 0 Å². The Morgan fingerprint density at radius 1 is 1.17 bits per heavy atom. The minimum Gasteiger partial charge on any atom is -0.355 e. The van der Waals surface area contributed by atoms with E-state index in [4.69, 9.17) is 0 Å². The molecule has 0 bridgehead atoms. The second-order valence-corrected chi connectivity index (χ2v) is 6.76. The minimum absolute atomic E-state index is 0.828. The highest BCUT2D eigenvalue weighted by Gasteiger charge is 2.14. The summed E-state index contributed by atoms with van der Waals surface area (Å²) in [7, 11) is 1.82. The van der Waals surface area contributed by atoms with Gasteiger partial charge in [-0.25, -0.2) is 0 Å². The third kappa shape index (κ3) is 4.56. The number of thiophene rings is 1. The van der Waals surface area contributed by atoms with Gasteiger partial charge in [-0.1, -0.05) is 30.3 Å². The van der Waals surface area contributed by atoms with Crippen LogP contribution >= 0.6 is 11.3 Å². The molecule has 2 heterocycles. The van der Waals surface area contributed by atoms with Crippen molar-refractivity contribution in [3.8, 4) is 0 Å². The molecule has 0 saturated carbocycles. The zero-order valence-electron chi connectivity index (χ0n) is 13.6. The molecule has 0 amide bonds. The zero-order chi connectivity index (χ0) is 15.9. The van der Waals surface area contributed by atoms with E-state index in [2.05, 4.69) is 62.3 Å². The van der Waals surface area contributed by atoms with Gasteiger partial charge in [-0.15, -0.1) is 11.3 Å². The molecule has 4 nitrogen and oxygen atoms in total. The average Bonchev–Trinajstić information content (AvgIpc) is 3.11. The Bertz CT molecular complexity index is 636. The van der Waals surface area contributed by atoms with E-state index in [9.17, 15) is 0 Å². The number of hydrogen-bond donors (Lipinski definition) is 2. The molecule has 23 heavy (non-hydrogen) atoms. The SMILES string of the molecule is CN=C(NCCN1CCc2ccccc2C1)NCc1cccs1. The van der Waals surface area contributed by atoms with Crippen LogP contribution in [-0.4, -0.2) is 37.5 Å². The summed E-state index contributed by atoms with van der Waals surface area (Å²) in [5.74, 6) is 0.871. The normalized spacial score (nSPS) is 15.3. The van der Waals surface area contributed by atoms with Crippen LogP contribution < -0.4 is 10.6 Å². The van der Waals surface area contributed by atoms with Crippen molar-refractivity contribution in [1.82, 2.24) is 15.5 Å². The lowest BCUT2D eigenvalue weighted by Gasteiger charge is -2.28. The molecule has 0 unspecified atom stereocenters. The van der Waals surface area contributed by atoms with Gasteiger partial charge >= 0.3 is 0 Å². The fraction of sp³-hybridized carbons (Fsp3) is 0.389. The maximum Gasteiger partial charge on any atom is 0.191 e. The summed E-state index contributed by atoms with van der Waals surface area (Å²) in [5.41, 5.74) is 2.98. The Balaban J connectivity index is 1.40. The predicted molar refractivity (Wildman–Crippen MR) is 97.9 cm³/mol. The van der Waals surface area contributed by atoms with Crippen molar-refractivity contribution in [2.75, 3.05) is 26.7 Å². The quantitative estimate of drug-likeness (QED) is 0.654. The van der Waals surface area contributed by atoms with Gasteiger partial charge in [0.05, 0.1) is 6.54 Å². The summed E-state index contributed by atoms with van der Waals surface area (Å²) in [4.78, 5) is 8.11. The molecular weight excluding hydrogens is 304 g/mol. The molecule has 0 radical (unpaired) electrons. The lowest BCUT2D eigenvalue weighted by Crippen LogP contribution is -2.42. The maximum atomic E-state index is 4.29. The van der Waals surface area contributed by atoms with Gasteiger partial charge in [-0.05, 0) is 29.0 Å². The Labute approximate surface area is 142 Å². The van der Waals surface area contributed by atoms with Crippen LogP contribution in [0.3, 0.4) is 0 Å². The Morgan fingerprint density at radius 2 is 2.04 bits per heavy atom. The van der Waals surface area contributed by atoms with Gasteiger partial charge in [-0.2, -0.15) is 0 Å². The number of fused-ring (bicyclic) bond motifs is 1. The molecule has 0 spiro atoms. The van der Waals surface area contributed by atoms with E-state index in [0.717, 1.165) is 45.1 Å². The zero-order valence-corrected chi connectivity index (χ0v) is 14.4. The Hall–Kier alpha value is -1.85. The average molecular weight is 328 g/mol. The van der Waals surface area contributed by atoms with E-state index >= 15 is 0 Å². The van der Waals surface area contributed by atoms with Gasteiger partial charge in [-0.3, -0.25) is 9.89 Å². The topological polar surface area (TPSA) is 39.7 Å². The fourth-order valence-electron chi connectivity index (χ4n) is 2.88. The van der Waals surface area contributed by atoms with Crippen molar-refractivity contribution in [1.29, 1.82) is 0 Å². The van der Waals surface area contributed by atoms with Crippen LogP contribution in [0.5, 0.6) is 0 Å². The van der Waals surface area contributed by atoms with E-state index in [1.54, 1.807) is 11.3 Å². The molecule has 0 atom stereocenters. The van der Waals surface area contributed by atoms with Crippen molar-refractivity contribution in [2.45, 2.75) is 19.5 Å². The number of hydrogen-bond acceptors (Lipinski definition) is 3. The third-order valence-corrected chi connectivity index (χ3v) is 5.04. The van der Waals surface area contributed by atoms with Crippen LogP contribution in [0.2, 0.25) is 0 Å². The van der Waals surface area contributed by atoms with E-state index in [0.29, 0.717) is 0 Å². The number of guanidine groups is 1. The van der Waals surface area contributed by atoms with Crippen molar-refractivity contribution in [3.05, 3.63) is 57.8 Å². The maximum absolute atomic E-state index is 4.29. The lowest BCUT2D eigenvalue weighted by molar-refractivity contribution is 0.258. The van der Waals surface area contributed by atoms with Gasteiger partial charge in [0, 0.05) is 38.1 Å². The van der Waals surface area contributed by atoms with Gasteiger partial charge in [0.15, 0.2) is 5.96 Å². The fourth-order valence-corrected chi connectivity index (χ4v) is 3.53. The summed E-state index contributed by atoms with van der Waals surface area (Å²) >= 11 is 1.76. The lowest BCUT2D eigenvalue weighted by atomic mass is 10.00. The molecule has 1 aromatic heterocycles. The second-order valence-electron chi connectivity index (χ2n) is 5.73. The standard InChI is InChI=1S/C18H24N4S/c1-19-18(21-13-17-7-4-12-23-17)20-9-11-22-10-8-15-5-2-3-6-16(15)14-22/h2-7,12H,8-11,13-14H2,1H3,(H2,19,20,21). The molecule has 0 aliphatic carbocycles. The summed E-state index contributed by atoms with van der Waals surface area (Å²) in [6.45, 7) is 4.97. The number of benzene rings is 1. The summed E-state index contributed by atoms with van der Waals surface area (Å²) in [6.07, 6.45) is 1.15.